The summed E-state index contributed by atoms with van der Waals surface area (Å²) in [5.41, 5.74) is 11.4. The summed E-state index contributed by atoms with van der Waals surface area (Å²) in [6, 6.07) is 14.3. The molecule has 0 aliphatic heterocycles. The van der Waals surface area contributed by atoms with Gasteiger partial charge in [-0.25, -0.2) is 0 Å². The first-order valence-electron chi connectivity index (χ1n) is 6.37. The first kappa shape index (κ1) is 12.9. The predicted octanol–water partition coefficient (Wildman–Crippen LogP) is 2.28. The van der Waals surface area contributed by atoms with Gasteiger partial charge in [0.2, 0.25) is 0 Å². The minimum Gasteiger partial charge on any atom is -0.491 e. The van der Waals surface area contributed by atoms with E-state index in [0.29, 0.717) is 13.2 Å². The molecule has 0 heterocycles. The number of fused-ring (bicyclic) bond motifs is 1. The Labute approximate surface area is 108 Å². The molecule has 0 spiro atoms. The maximum Gasteiger partial charge on any atom is 0.127 e. The van der Waals surface area contributed by atoms with Crippen molar-refractivity contribution < 1.29 is 4.74 Å². The Hall–Kier alpha value is -1.58. The number of rotatable bonds is 6. The van der Waals surface area contributed by atoms with Crippen molar-refractivity contribution >= 4 is 10.8 Å². The summed E-state index contributed by atoms with van der Waals surface area (Å²) >= 11 is 0. The quantitative estimate of drug-likeness (QED) is 0.819. The average Bonchev–Trinajstić information content (AvgIpc) is 2.42. The Morgan fingerprint density at radius 3 is 2.67 bits per heavy atom. The van der Waals surface area contributed by atoms with Gasteiger partial charge in [-0.15, -0.1) is 0 Å². The molecule has 0 aromatic heterocycles. The summed E-state index contributed by atoms with van der Waals surface area (Å²) in [5.74, 6) is 0.899. The zero-order chi connectivity index (χ0) is 12.8. The molecule has 2 aromatic carbocycles. The van der Waals surface area contributed by atoms with Gasteiger partial charge in [-0.05, 0) is 30.8 Å². The molecule has 96 valence electrons. The molecular weight excluding hydrogens is 224 g/mol. The summed E-state index contributed by atoms with van der Waals surface area (Å²) in [6.45, 7) is 1.22. The lowest BCUT2D eigenvalue weighted by Crippen LogP contribution is -2.28. The van der Waals surface area contributed by atoms with Gasteiger partial charge in [0.15, 0.2) is 0 Å². The SMILES string of the molecule is NCCC[C@H](N)COc1cccc2ccccc12. The molecule has 0 saturated carbocycles. The van der Waals surface area contributed by atoms with Crippen LogP contribution in [0.3, 0.4) is 0 Å². The molecule has 2 aromatic rings. The Balaban J connectivity index is 2.03. The average molecular weight is 244 g/mol. The van der Waals surface area contributed by atoms with E-state index in [9.17, 15) is 0 Å². The zero-order valence-corrected chi connectivity index (χ0v) is 10.5. The molecule has 1 atom stereocenters. The van der Waals surface area contributed by atoms with E-state index in [1.54, 1.807) is 0 Å². The molecule has 3 nitrogen and oxygen atoms in total. The van der Waals surface area contributed by atoms with Crippen LogP contribution in [0.2, 0.25) is 0 Å². The van der Waals surface area contributed by atoms with Crippen molar-refractivity contribution in [2.24, 2.45) is 11.5 Å². The smallest absolute Gasteiger partial charge is 0.127 e. The summed E-state index contributed by atoms with van der Waals surface area (Å²) in [7, 11) is 0. The maximum absolute atomic E-state index is 5.97. The minimum atomic E-state index is 0.0486. The number of ether oxygens (including phenoxy) is 1. The molecule has 0 fully saturated rings. The van der Waals surface area contributed by atoms with Crippen molar-refractivity contribution in [3.8, 4) is 5.75 Å². The Bertz CT molecular complexity index is 493. The van der Waals surface area contributed by atoms with E-state index < -0.39 is 0 Å². The lowest BCUT2D eigenvalue weighted by atomic mass is 10.1. The van der Waals surface area contributed by atoms with Crippen LogP contribution in [0.15, 0.2) is 42.5 Å². The van der Waals surface area contributed by atoms with Gasteiger partial charge < -0.3 is 16.2 Å². The van der Waals surface area contributed by atoms with Gasteiger partial charge in [0.1, 0.15) is 12.4 Å². The maximum atomic E-state index is 5.97. The van der Waals surface area contributed by atoms with Crippen LogP contribution in [0.1, 0.15) is 12.8 Å². The molecule has 18 heavy (non-hydrogen) atoms. The second-order valence-electron chi connectivity index (χ2n) is 4.48. The van der Waals surface area contributed by atoms with Crippen molar-refractivity contribution in [2.75, 3.05) is 13.2 Å². The molecule has 3 heteroatoms. The first-order valence-corrected chi connectivity index (χ1v) is 6.37. The van der Waals surface area contributed by atoms with Gasteiger partial charge >= 0.3 is 0 Å². The van der Waals surface area contributed by atoms with Crippen LogP contribution in [0.5, 0.6) is 5.75 Å². The zero-order valence-electron chi connectivity index (χ0n) is 10.5. The van der Waals surface area contributed by atoms with Gasteiger partial charge in [0.25, 0.3) is 0 Å². The third-order valence-electron chi connectivity index (χ3n) is 2.98. The molecule has 0 amide bonds. The van der Waals surface area contributed by atoms with Gasteiger partial charge in [-0.2, -0.15) is 0 Å². The molecule has 0 radical (unpaired) electrons. The van der Waals surface area contributed by atoms with E-state index in [0.717, 1.165) is 24.0 Å². The third-order valence-corrected chi connectivity index (χ3v) is 2.98. The van der Waals surface area contributed by atoms with E-state index in [4.69, 9.17) is 16.2 Å². The third kappa shape index (κ3) is 3.22. The summed E-state index contributed by atoms with van der Waals surface area (Å²) < 4.78 is 5.81. The van der Waals surface area contributed by atoms with Crippen molar-refractivity contribution in [1.82, 2.24) is 0 Å². The van der Waals surface area contributed by atoms with Crippen LogP contribution in [-0.2, 0) is 0 Å². The standard InChI is InChI=1S/C15H20N2O/c16-10-4-7-13(17)11-18-15-9-3-6-12-5-1-2-8-14(12)15/h1-3,5-6,8-9,13H,4,7,10-11,16-17H2/t13-/m0/s1. The normalized spacial score (nSPS) is 12.6. The van der Waals surface area contributed by atoms with E-state index in [-0.39, 0.29) is 6.04 Å². The molecule has 0 aliphatic rings. The highest BCUT2D eigenvalue weighted by atomic mass is 16.5. The minimum absolute atomic E-state index is 0.0486. The highest BCUT2D eigenvalue weighted by Gasteiger charge is 2.05. The highest BCUT2D eigenvalue weighted by molar-refractivity contribution is 5.88. The van der Waals surface area contributed by atoms with Crippen LogP contribution in [0.25, 0.3) is 10.8 Å². The molecule has 4 N–H and O–H groups in total. The van der Waals surface area contributed by atoms with E-state index >= 15 is 0 Å². The number of hydrogen-bond donors (Lipinski definition) is 2. The van der Waals surface area contributed by atoms with Crippen LogP contribution in [0, 0.1) is 0 Å². The van der Waals surface area contributed by atoms with Gasteiger partial charge in [0, 0.05) is 11.4 Å². The van der Waals surface area contributed by atoms with Crippen LogP contribution in [0.4, 0.5) is 0 Å². The Morgan fingerprint density at radius 2 is 1.83 bits per heavy atom. The topological polar surface area (TPSA) is 61.3 Å². The predicted molar refractivity (Wildman–Crippen MR) is 75.7 cm³/mol. The molecule has 0 bridgehead atoms. The lowest BCUT2D eigenvalue weighted by molar-refractivity contribution is 0.284. The van der Waals surface area contributed by atoms with Gasteiger partial charge in [-0.1, -0.05) is 36.4 Å². The molecule has 0 saturated heterocycles. The monoisotopic (exact) mass is 244 g/mol. The van der Waals surface area contributed by atoms with Gasteiger partial charge in [-0.3, -0.25) is 0 Å². The van der Waals surface area contributed by atoms with E-state index in [1.165, 1.54) is 5.39 Å². The van der Waals surface area contributed by atoms with E-state index in [1.807, 2.05) is 24.3 Å². The molecule has 0 unspecified atom stereocenters. The fourth-order valence-corrected chi connectivity index (χ4v) is 1.98. The van der Waals surface area contributed by atoms with Crippen LogP contribution >= 0.6 is 0 Å². The number of nitrogens with two attached hydrogens (primary N) is 2. The number of hydrogen-bond acceptors (Lipinski definition) is 3. The second kappa shape index (κ2) is 6.38. The van der Waals surface area contributed by atoms with Crippen molar-refractivity contribution in [3.63, 3.8) is 0 Å². The first-order chi connectivity index (χ1) is 8.81. The summed E-state index contributed by atoms with van der Waals surface area (Å²) in [5, 5.41) is 2.32. The Kier molecular flexibility index (Phi) is 4.56. The highest BCUT2D eigenvalue weighted by Crippen LogP contribution is 2.25. The number of benzene rings is 2. The molecular formula is C15H20N2O. The summed E-state index contributed by atoms with van der Waals surface area (Å²) in [6.07, 6.45) is 1.85. The van der Waals surface area contributed by atoms with Crippen molar-refractivity contribution in [2.45, 2.75) is 18.9 Å². The largest absolute Gasteiger partial charge is 0.491 e. The Morgan fingerprint density at radius 1 is 1.06 bits per heavy atom. The van der Waals surface area contributed by atoms with Gasteiger partial charge in [0.05, 0.1) is 0 Å². The van der Waals surface area contributed by atoms with Crippen molar-refractivity contribution in [1.29, 1.82) is 0 Å². The fraction of sp³-hybridized carbons (Fsp3) is 0.333. The second-order valence-corrected chi connectivity index (χ2v) is 4.48. The van der Waals surface area contributed by atoms with Crippen molar-refractivity contribution in [3.05, 3.63) is 42.5 Å². The fourth-order valence-electron chi connectivity index (χ4n) is 1.98. The lowest BCUT2D eigenvalue weighted by Gasteiger charge is -2.14. The summed E-state index contributed by atoms with van der Waals surface area (Å²) in [4.78, 5) is 0. The molecule has 0 aliphatic carbocycles. The van der Waals surface area contributed by atoms with Crippen LogP contribution < -0.4 is 16.2 Å². The molecule has 2 rings (SSSR count). The van der Waals surface area contributed by atoms with Crippen LogP contribution in [-0.4, -0.2) is 19.2 Å². The van der Waals surface area contributed by atoms with E-state index in [2.05, 4.69) is 18.2 Å².